The summed E-state index contributed by atoms with van der Waals surface area (Å²) >= 11 is 0. The smallest absolute Gasteiger partial charge is 0.475 e. The minimum atomic E-state index is -5.08. The van der Waals surface area contributed by atoms with Gasteiger partial charge in [-0.1, -0.05) is 24.3 Å². The highest BCUT2D eigenvalue weighted by atomic mass is 19.4. The normalized spacial score (nSPS) is 16.7. The quantitative estimate of drug-likeness (QED) is 0.672. The number of hydrogen-bond acceptors (Lipinski definition) is 3. The second-order valence-corrected chi connectivity index (χ2v) is 8.79. The van der Waals surface area contributed by atoms with E-state index < -0.39 is 12.1 Å². The van der Waals surface area contributed by atoms with Gasteiger partial charge in [-0.25, -0.2) is 9.59 Å². The minimum absolute atomic E-state index is 0.0833. The van der Waals surface area contributed by atoms with Crippen LogP contribution in [-0.4, -0.2) is 52.3 Å². The lowest BCUT2D eigenvalue weighted by molar-refractivity contribution is -0.192. The Morgan fingerprint density at radius 2 is 1.79 bits per heavy atom. The lowest BCUT2D eigenvalue weighted by Gasteiger charge is -2.40. The summed E-state index contributed by atoms with van der Waals surface area (Å²) in [5, 5.41) is 10.1. The maximum atomic E-state index is 12.3. The third-order valence-electron chi connectivity index (χ3n) is 6.21. The first-order chi connectivity index (χ1) is 15.5. The molecule has 2 N–H and O–H groups in total. The number of carbonyl (C=O) groups is 2. The van der Waals surface area contributed by atoms with Gasteiger partial charge in [-0.2, -0.15) is 13.2 Å². The van der Waals surface area contributed by atoms with E-state index in [1.165, 1.54) is 28.7 Å². The fourth-order valence-corrected chi connectivity index (χ4v) is 4.54. The lowest BCUT2D eigenvalue weighted by Crippen LogP contribution is -2.49. The fraction of sp³-hybridized carbons (Fsp3) is 0.458. The number of likely N-dealkylation sites (tertiary alicyclic amines) is 1. The minimum Gasteiger partial charge on any atom is -0.475 e. The number of nitrogens with one attached hydrogen (secondary N) is 1. The van der Waals surface area contributed by atoms with Crippen molar-refractivity contribution >= 4 is 12.0 Å². The average Bonchev–Trinajstić information content (AvgIpc) is 3.11. The molecule has 2 aromatic rings. The Hall–Kier alpha value is -3.10. The molecule has 33 heavy (non-hydrogen) atoms. The first-order valence-electron chi connectivity index (χ1n) is 10.9. The van der Waals surface area contributed by atoms with Crippen LogP contribution in [0.5, 0.6) is 0 Å². The Labute approximate surface area is 190 Å². The third kappa shape index (κ3) is 5.83. The first kappa shape index (κ1) is 24.5. The van der Waals surface area contributed by atoms with Crippen LogP contribution in [0.1, 0.15) is 44.2 Å². The van der Waals surface area contributed by atoms with Crippen LogP contribution in [0, 0.1) is 0 Å². The van der Waals surface area contributed by atoms with Crippen molar-refractivity contribution in [2.24, 2.45) is 0 Å². The highest BCUT2D eigenvalue weighted by molar-refractivity contribution is 5.74. The number of carbonyl (C=O) groups excluding carboxylic acids is 1. The number of carboxylic acid groups (broad SMARTS) is 1. The zero-order valence-corrected chi connectivity index (χ0v) is 18.7. The molecule has 0 atom stereocenters. The van der Waals surface area contributed by atoms with Crippen LogP contribution < -0.4 is 5.32 Å². The molecule has 0 unspecified atom stereocenters. The van der Waals surface area contributed by atoms with Crippen molar-refractivity contribution in [3.63, 3.8) is 0 Å². The number of nitrogens with zero attached hydrogens (tertiary/aromatic N) is 2. The van der Waals surface area contributed by atoms with Crippen LogP contribution >= 0.6 is 0 Å². The van der Waals surface area contributed by atoms with Gasteiger partial charge in [0.05, 0.1) is 0 Å². The van der Waals surface area contributed by atoms with Crippen molar-refractivity contribution < 1.29 is 27.9 Å². The number of urea groups is 1. The maximum Gasteiger partial charge on any atom is 0.490 e. The van der Waals surface area contributed by atoms with Crippen LogP contribution in [0.2, 0.25) is 0 Å². The molecule has 1 aromatic heterocycles. The molecule has 1 aliphatic heterocycles. The SMILES string of the molecule is CC(C)NC(=O)N1CCC2(CCc3cc(-c4cccnc4)ccc32)CC1.O=C(O)C(F)(F)F. The molecule has 2 heterocycles. The summed E-state index contributed by atoms with van der Waals surface area (Å²) in [5.74, 6) is -2.76. The number of alkyl halides is 3. The molecule has 2 amide bonds. The van der Waals surface area contributed by atoms with E-state index in [9.17, 15) is 18.0 Å². The summed E-state index contributed by atoms with van der Waals surface area (Å²) < 4.78 is 31.7. The molecular formula is C24H28F3N3O3. The Morgan fingerprint density at radius 1 is 1.12 bits per heavy atom. The van der Waals surface area contributed by atoms with E-state index in [4.69, 9.17) is 9.90 Å². The molecule has 0 saturated carbocycles. The number of pyridine rings is 1. The van der Waals surface area contributed by atoms with E-state index in [2.05, 4.69) is 34.6 Å². The van der Waals surface area contributed by atoms with Gasteiger partial charge in [-0.15, -0.1) is 0 Å². The number of benzene rings is 1. The predicted molar refractivity (Wildman–Crippen MR) is 118 cm³/mol. The van der Waals surface area contributed by atoms with E-state index in [0.29, 0.717) is 0 Å². The molecule has 1 spiro atoms. The molecule has 1 fully saturated rings. The number of aryl methyl sites for hydroxylation is 1. The lowest BCUT2D eigenvalue weighted by atomic mass is 9.73. The summed E-state index contributed by atoms with van der Waals surface area (Å²) in [6.07, 6.45) is 3.14. The van der Waals surface area contributed by atoms with Crippen molar-refractivity contribution in [2.75, 3.05) is 13.1 Å². The molecule has 178 valence electrons. The van der Waals surface area contributed by atoms with Crippen molar-refractivity contribution in [1.29, 1.82) is 0 Å². The molecule has 1 aliphatic carbocycles. The van der Waals surface area contributed by atoms with Crippen molar-refractivity contribution in [2.45, 2.75) is 57.2 Å². The van der Waals surface area contributed by atoms with Gasteiger partial charge < -0.3 is 15.3 Å². The van der Waals surface area contributed by atoms with E-state index in [1.807, 2.05) is 37.2 Å². The van der Waals surface area contributed by atoms with Crippen molar-refractivity contribution in [1.82, 2.24) is 15.2 Å². The van der Waals surface area contributed by atoms with Gasteiger partial charge in [0.1, 0.15) is 0 Å². The largest absolute Gasteiger partial charge is 0.490 e. The fourth-order valence-electron chi connectivity index (χ4n) is 4.54. The van der Waals surface area contributed by atoms with Gasteiger partial charge >= 0.3 is 18.2 Å². The summed E-state index contributed by atoms with van der Waals surface area (Å²) in [4.78, 5) is 27.4. The number of aromatic nitrogens is 1. The average molecular weight is 464 g/mol. The number of halogens is 3. The Kier molecular flexibility index (Phi) is 7.29. The third-order valence-corrected chi connectivity index (χ3v) is 6.21. The van der Waals surface area contributed by atoms with Crippen LogP contribution in [-0.2, 0) is 16.6 Å². The number of rotatable bonds is 2. The number of hydrogen-bond donors (Lipinski definition) is 2. The highest BCUT2D eigenvalue weighted by Crippen LogP contribution is 2.47. The summed E-state index contributed by atoms with van der Waals surface area (Å²) in [6.45, 7) is 5.72. The Bertz CT molecular complexity index is 985. The topological polar surface area (TPSA) is 82.5 Å². The zero-order valence-electron chi connectivity index (χ0n) is 18.7. The van der Waals surface area contributed by atoms with Gasteiger partial charge in [0.2, 0.25) is 0 Å². The second kappa shape index (κ2) is 9.80. The molecule has 6 nitrogen and oxygen atoms in total. The monoisotopic (exact) mass is 463 g/mol. The standard InChI is InChI=1S/C22H27N3O.C2HF3O2/c1-16(2)24-21(26)25-12-9-22(10-13-25)8-7-18-14-17(5-6-20(18)22)19-4-3-11-23-15-19;3-2(4,5)1(6)7/h3-6,11,14-16H,7-10,12-13H2,1-2H3,(H,24,26);(H,6,7). The molecule has 1 aromatic carbocycles. The van der Waals surface area contributed by atoms with Gasteiger partial charge in [0.15, 0.2) is 0 Å². The van der Waals surface area contributed by atoms with E-state index in [1.54, 1.807) is 0 Å². The molecule has 2 aliphatic rings. The van der Waals surface area contributed by atoms with E-state index in [0.717, 1.165) is 32.4 Å². The van der Waals surface area contributed by atoms with Crippen LogP contribution in [0.4, 0.5) is 18.0 Å². The zero-order chi connectivity index (χ0) is 24.2. The van der Waals surface area contributed by atoms with Crippen molar-refractivity contribution in [3.05, 3.63) is 53.9 Å². The summed E-state index contributed by atoms with van der Waals surface area (Å²) in [6, 6.07) is 11.3. The summed E-state index contributed by atoms with van der Waals surface area (Å²) in [7, 11) is 0. The number of carboxylic acids is 1. The first-order valence-corrected chi connectivity index (χ1v) is 10.9. The summed E-state index contributed by atoms with van der Waals surface area (Å²) in [5.41, 5.74) is 5.68. The molecule has 9 heteroatoms. The molecule has 1 saturated heterocycles. The Balaban J connectivity index is 0.000000383. The maximum absolute atomic E-state index is 12.3. The van der Waals surface area contributed by atoms with Gasteiger partial charge in [0.25, 0.3) is 0 Å². The van der Waals surface area contributed by atoms with Crippen LogP contribution in [0.25, 0.3) is 11.1 Å². The van der Waals surface area contributed by atoms with Gasteiger partial charge in [-0.05, 0) is 73.3 Å². The van der Waals surface area contributed by atoms with Gasteiger partial charge in [0, 0.05) is 31.5 Å². The molecular weight excluding hydrogens is 435 g/mol. The number of piperidine rings is 1. The number of fused-ring (bicyclic) bond motifs is 2. The van der Waals surface area contributed by atoms with E-state index >= 15 is 0 Å². The van der Waals surface area contributed by atoms with Gasteiger partial charge in [-0.3, -0.25) is 4.98 Å². The van der Waals surface area contributed by atoms with Crippen LogP contribution in [0.15, 0.2) is 42.7 Å². The highest BCUT2D eigenvalue weighted by Gasteiger charge is 2.42. The predicted octanol–water partition coefficient (Wildman–Crippen LogP) is 4.78. The molecule has 0 bridgehead atoms. The Morgan fingerprint density at radius 3 is 2.33 bits per heavy atom. The van der Waals surface area contributed by atoms with E-state index in [-0.39, 0.29) is 17.5 Å². The number of amides is 2. The number of aliphatic carboxylic acids is 1. The molecule has 4 rings (SSSR count). The van der Waals surface area contributed by atoms with Crippen molar-refractivity contribution in [3.8, 4) is 11.1 Å². The van der Waals surface area contributed by atoms with Crippen LogP contribution in [0.3, 0.4) is 0 Å². The molecule has 0 radical (unpaired) electrons. The second-order valence-electron chi connectivity index (χ2n) is 8.79.